The maximum atomic E-state index is 12.9. The largest absolute Gasteiger partial charge is 0.451 e. The molecule has 1 aliphatic heterocycles. The summed E-state index contributed by atoms with van der Waals surface area (Å²) in [5.41, 5.74) is 13.8. The fourth-order valence-corrected chi connectivity index (χ4v) is 4.01. The Labute approximate surface area is 181 Å². The Morgan fingerprint density at radius 3 is 2.77 bits per heavy atom. The van der Waals surface area contributed by atoms with Gasteiger partial charge in [-0.1, -0.05) is 40.2 Å². The topological polar surface area (TPSA) is 115 Å². The van der Waals surface area contributed by atoms with Gasteiger partial charge in [-0.05, 0) is 36.2 Å². The molecular weight excluding hydrogens is 448 g/mol. The van der Waals surface area contributed by atoms with Gasteiger partial charge in [0.1, 0.15) is 5.58 Å². The molecule has 1 atom stereocenters. The van der Waals surface area contributed by atoms with E-state index >= 15 is 0 Å². The Kier molecular flexibility index (Phi) is 4.89. The molecule has 0 saturated carbocycles. The number of ketones is 1. The fourth-order valence-electron chi connectivity index (χ4n) is 3.65. The maximum Gasteiger partial charge on any atom is 0.231 e. The van der Waals surface area contributed by atoms with Crippen molar-refractivity contribution in [3.05, 3.63) is 63.8 Å². The van der Waals surface area contributed by atoms with Crippen molar-refractivity contribution in [2.24, 2.45) is 10.7 Å². The van der Waals surface area contributed by atoms with Crippen LogP contribution in [-0.2, 0) is 16.8 Å². The second-order valence-corrected chi connectivity index (χ2v) is 8.57. The van der Waals surface area contributed by atoms with E-state index in [-0.39, 0.29) is 36.3 Å². The van der Waals surface area contributed by atoms with Crippen LogP contribution in [0.5, 0.6) is 0 Å². The number of nitrogen functional groups attached to an aromatic ring is 1. The Morgan fingerprint density at radius 2 is 2.03 bits per heavy atom. The van der Waals surface area contributed by atoms with Crippen LogP contribution in [0.4, 0.5) is 5.69 Å². The smallest absolute Gasteiger partial charge is 0.231 e. The number of nitrogens with two attached hydrogens (primary N) is 2. The van der Waals surface area contributed by atoms with E-state index in [9.17, 15) is 9.59 Å². The second-order valence-electron chi connectivity index (χ2n) is 7.66. The Balaban J connectivity index is 1.63. The molecule has 30 heavy (non-hydrogen) atoms. The summed E-state index contributed by atoms with van der Waals surface area (Å²) in [6.45, 7) is 1.86. The zero-order chi connectivity index (χ0) is 21.6. The Hall–Kier alpha value is -3.13. The highest BCUT2D eigenvalue weighted by atomic mass is 79.9. The highest BCUT2D eigenvalue weighted by Crippen LogP contribution is 2.34. The van der Waals surface area contributed by atoms with Crippen LogP contribution in [0.25, 0.3) is 11.0 Å². The van der Waals surface area contributed by atoms with E-state index in [1.165, 1.54) is 4.90 Å². The number of furan rings is 1. The highest BCUT2D eigenvalue weighted by Gasteiger charge is 2.36. The summed E-state index contributed by atoms with van der Waals surface area (Å²) in [7, 11) is 1.60. The van der Waals surface area contributed by atoms with Gasteiger partial charge in [-0.15, -0.1) is 0 Å². The summed E-state index contributed by atoms with van der Waals surface area (Å²) in [5, 5.41) is 0.698. The highest BCUT2D eigenvalue weighted by molar-refractivity contribution is 9.10. The number of fused-ring (bicyclic) bond motifs is 1. The molecule has 0 bridgehead atoms. The number of benzene rings is 2. The fraction of sp³-hybridized carbons (Fsp3) is 0.227. The monoisotopic (exact) mass is 468 g/mol. The van der Waals surface area contributed by atoms with Crippen molar-refractivity contribution in [1.29, 1.82) is 0 Å². The first-order valence-electron chi connectivity index (χ1n) is 9.40. The SMILES string of the molecule is CN1C(=O)CC(C)(c2cccc(CC(=O)c3oc4ccc(Br)cc4c3N)c2)N=C1N. The van der Waals surface area contributed by atoms with Crippen LogP contribution in [0.15, 0.2) is 56.3 Å². The molecular formula is C22H21BrN4O3. The van der Waals surface area contributed by atoms with Gasteiger partial charge in [0.25, 0.3) is 0 Å². The van der Waals surface area contributed by atoms with E-state index in [4.69, 9.17) is 15.9 Å². The number of carbonyl (C=O) groups is 2. The third-order valence-corrected chi connectivity index (χ3v) is 5.92. The molecule has 154 valence electrons. The predicted molar refractivity (Wildman–Crippen MR) is 119 cm³/mol. The van der Waals surface area contributed by atoms with E-state index in [0.717, 1.165) is 15.6 Å². The number of halogens is 1. The summed E-state index contributed by atoms with van der Waals surface area (Å²) < 4.78 is 6.57. The zero-order valence-electron chi connectivity index (χ0n) is 16.6. The first-order chi connectivity index (χ1) is 14.2. The third-order valence-electron chi connectivity index (χ3n) is 5.43. The first kappa shape index (κ1) is 20.2. The molecule has 1 aromatic heterocycles. The van der Waals surface area contributed by atoms with Gasteiger partial charge in [0.2, 0.25) is 11.7 Å². The minimum atomic E-state index is -0.780. The van der Waals surface area contributed by atoms with Gasteiger partial charge in [-0.2, -0.15) is 0 Å². The van der Waals surface area contributed by atoms with Crippen LogP contribution in [0.1, 0.15) is 35.0 Å². The summed E-state index contributed by atoms with van der Waals surface area (Å²) in [6, 6.07) is 12.9. The van der Waals surface area contributed by atoms with Crippen LogP contribution in [0.2, 0.25) is 0 Å². The molecule has 3 aromatic rings. The van der Waals surface area contributed by atoms with E-state index in [1.807, 2.05) is 43.3 Å². The van der Waals surface area contributed by atoms with Crippen molar-refractivity contribution in [3.63, 3.8) is 0 Å². The molecule has 4 rings (SSSR count). The molecule has 0 fully saturated rings. The van der Waals surface area contributed by atoms with E-state index in [2.05, 4.69) is 20.9 Å². The zero-order valence-corrected chi connectivity index (χ0v) is 18.2. The summed E-state index contributed by atoms with van der Waals surface area (Å²) in [6.07, 6.45) is 0.315. The minimum Gasteiger partial charge on any atom is -0.451 e. The number of aliphatic imine (C=N–C) groups is 1. The van der Waals surface area contributed by atoms with E-state index < -0.39 is 5.54 Å². The Bertz CT molecular complexity index is 1220. The van der Waals surface area contributed by atoms with Gasteiger partial charge >= 0.3 is 0 Å². The van der Waals surface area contributed by atoms with Gasteiger partial charge in [-0.3, -0.25) is 14.5 Å². The molecule has 8 heteroatoms. The lowest BCUT2D eigenvalue weighted by Gasteiger charge is -2.33. The molecule has 0 saturated heterocycles. The van der Waals surface area contributed by atoms with Crippen molar-refractivity contribution >= 4 is 50.2 Å². The number of Topliss-reactive ketones (excluding diaryl/α,β-unsaturated/α-hetero) is 1. The normalized spacial score (nSPS) is 19.2. The van der Waals surface area contributed by atoms with Crippen molar-refractivity contribution < 1.29 is 14.0 Å². The summed E-state index contributed by atoms with van der Waals surface area (Å²) in [5.74, 6) is 0.00479. The number of guanidine groups is 1. The molecule has 0 radical (unpaired) electrons. The number of anilines is 1. The molecule has 2 heterocycles. The molecule has 1 unspecified atom stereocenters. The molecule has 1 amide bonds. The molecule has 2 aromatic carbocycles. The maximum absolute atomic E-state index is 12.9. The van der Waals surface area contributed by atoms with Gasteiger partial charge in [0, 0.05) is 23.3 Å². The van der Waals surface area contributed by atoms with Crippen LogP contribution in [-0.4, -0.2) is 29.6 Å². The van der Waals surface area contributed by atoms with Crippen molar-refractivity contribution in [2.45, 2.75) is 25.3 Å². The summed E-state index contributed by atoms with van der Waals surface area (Å²) in [4.78, 5) is 31.0. The molecule has 0 aliphatic carbocycles. The predicted octanol–water partition coefficient (Wildman–Crippen LogP) is 3.59. The van der Waals surface area contributed by atoms with Crippen LogP contribution in [0, 0.1) is 0 Å². The van der Waals surface area contributed by atoms with Gasteiger partial charge in [-0.25, -0.2) is 4.99 Å². The summed E-state index contributed by atoms with van der Waals surface area (Å²) >= 11 is 3.40. The number of carbonyl (C=O) groups excluding carboxylic acids is 2. The number of rotatable bonds is 4. The van der Waals surface area contributed by atoms with Crippen LogP contribution in [0.3, 0.4) is 0 Å². The average molecular weight is 469 g/mol. The molecule has 4 N–H and O–H groups in total. The van der Waals surface area contributed by atoms with Crippen molar-refractivity contribution in [2.75, 3.05) is 12.8 Å². The molecule has 0 spiro atoms. The number of nitrogens with zero attached hydrogens (tertiary/aromatic N) is 2. The lowest BCUT2D eigenvalue weighted by atomic mass is 9.86. The second kappa shape index (κ2) is 7.28. The van der Waals surface area contributed by atoms with Crippen LogP contribution >= 0.6 is 15.9 Å². The molecule has 7 nitrogen and oxygen atoms in total. The minimum absolute atomic E-state index is 0.104. The number of hydrogen-bond donors (Lipinski definition) is 2. The third kappa shape index (κ3) is 3.47. The average Bonchev–Trinajstić information content (AvgIpc) is 3.02. The van der Waals surface area contributed by atoms with Crippen molar-refractivity contribution in [3.8, 4) is 0 Å². The van der Waals surface area contributed by atoms with E-state index in [1.54, 1.807) is 13.1 Å². The van der Waals surface area contributed by atoms with Gasteiger partial charge in [0.05, 0.1) is 17.6 Å². The quantitative estimate of drug-likeness (QED) is 0.567. The van der Waals surface area contributed by atoms with E-state index in [0.29, 0.717) is 16.7 Å². The lowest BCUT2D eigenvalue weighted by molar-refractivity contribution is -0.128. The van der Waals surface area contributed by atoms with Crippen LogP contribution < -0.4 is 11.5 Å². The first-order valence-corrected chi connectivity index (χ1v) is 10.2. The van der Waals surface area contributed by atoms with Crippen molar-refractivity contribution in [1.82, 2.24) is 4.90 Å². The number of amides is 1. The number of hydrogen-bond acceptors (Lipinski definition) is 6. The van der Waals surface area contributed by atoms with Gasteiger partial charge in [0.15, 0.2) is 11.7 Å². The standard InChI is InChI=1S/C22H21BrN4O3/c1-22(11-18(29)27(2)21(25)26-22)13-5-3-4-12(8-13)9-16(28)20-19(24)15-10-14(23)6-7-17(15)30-20/h3-8,10H,9,11,24H2,1-2H3,(H2,25,26). The Morgan fingerprint density at radius 1 is 1.27 bits per heavy atom. The van der Waals surface area contributed by atoms with Gasteiger partial charge < -0.3 is 15.9 Å². The lowest BCUT2D eigenvalue weighted by Crippen LogP contribution is -2.47. The molecule has 1 aliphatic rings.